The normalized spacial score (nSPS) is 10.8. The molecule has 0 N–H and O–H groups in total. The number of aryl methyl sites for hydroxylation is 1. The summed E-state index contributed by atoms with van der Waals surface area (Å²) in [7, 11) is 0. The summed E-state index contributed by atoms with van der Waals surface area (Å²) in [6.45, 7) is 5.04. The van der Waals surface area contributed by atoms with Crippen LogP contribution in [0.1, 0.15) is 32.3 Å². The summed E-state index contributed by atoms with van der Waals surface area (Å²) in [5.74, 6) is 0. The van der Waals surface area contributed by atoms with Gasteiger partial charge in [0, 0.05) is 6.61 Å². The van der Waals surface area contributed by atoms with E-state index < -0.39 is 0 Å². The van der Waals surface area contributed by atoms with Gasteiger partial charge in [0.1, 0.15) is 0 Å². The maximum absolute atomic E-state index is 5.47. The molecule has 0 aliphatic carbocycles. The molecule has 77 valence electrons. The topological polar surface area (TPSA) is 9.23 Å². The van der Waals surface area contributed by atoms with E-state index in [2.05, 4.69) is 32.0 Å². The van der Waals surface area contributed by atoms with E-state index in [4.69, 9.17) is 4.74 Å². The van der Waals surface area contributed by atoms with Crippen LogP contribution in [-0.2, 0) is 11.2 Å². The molecular formula is C13H19O. The molecule has 14 heavy (non-hydrogen) atoms. The fraction of sp³-hybridized carbons (Fsp3) is 0.538. The van der Waals surface area contributed by atoms with E-state index in [1.807, 2.05) is 12.1 Å². The number of rotatable bonds is 6. The van der Waals surface area contributed by atoms with Crippen LogP contribution in [0.25, 0.3) is 0 Å². The van der Waals surface area contributed by atoms with E-state index in [1.165, 1.54) is 12.0 Å². The van der Waals surface area contributed by atoms with Crippen molar-refractivity contribution in [2.75, 3.05) is 6.61 Å². The summed E-state index contributed by atoms with van der Waals surface area (Å²) in [5, 5.41) is 0. The Kier molecular flexibility index (Phi) is 5.31. The molecule has 1 heteroatoms. The van der Waals surface area contributed by atoms with Gasteiger partial charge in [-0.15, -0.1) is 0 Å². The van der Waals surface area contributed by atoms with Crippen molar-refractivity contribution in [2.45, 2.75) is 39.2 Å². The van der Waals surface area contributed by atoms with Crippen molar-refractivity contribution in [3.05, 3.63) is 35.9 Å². The largest absolute Gasteiger partial charge is 0.379 e. The van der Waals surface area contributed by atoms with Crippen molar-refractivity contribution >= 4 is 0 Å². The van der Waals surface area contributed by atoms with Crippen LogP contribution in [0.4, 0.5) is 0 Å². The number of unbranched alkanes of at least 4 members (excludes halogenated alkanes) is 1. The molecule has 1 nitrogen and oxygen atoms in total. The lowest BCUT2D eigenvalue weighted by Gasteiger charge is -2.06. The Labute approximate surface area is 87.1 Å². The van der Waals surface area contributed by atoms with Crippen LogP contribution in [0.2, 0.25) is 0 Å². The molecule has 1 rings (SSSR count). The second-order valence-corrected chi connectivity index (χ2v) is 3.78. The molecule has 0 unspecified atom stereocenters. The molecule has 0 atom stereocenters. The fourth-order valence-corrected chi connectivity index (χ4v) is 1.34. The van der Waals surface area contributed by atoms with Crippen LogP contribution >= 0.6 is 0 Å². The van der Waals surface area contributed by atoms with Crippen LogP contribution in [0.3, 0.4) is 0 Å². The van der Waals surface area contributed by atoms with Crippen molar-refractivity contribution in [3.63, 3.8) is 0 Å². The van der Waals surface area contributed by atoms with E-state index >= 15 is 0 Å². The zero-order chi connectivity index (χ0) is 10.2. The third-order valence-corrected chi connectivity index (χ3v) is 2.10. The minimum Gasteiger partial charge on any atom is -0.379 e. The average molecular weight is 191 g/mol. The van der Waals surface area contributed by atoms with Crippen molar-refractivity contribution in [3.8, 4) is 0 Å². The number of ether oxygens (including phenoxy) is 1. The minimum absolute atomic E-state index is 0.362. The second kappa shape index (κ2) is 6.61. The molecule has 0 bridgehead atoms. The van der Waals surface area contributed by atoms with Gasteiger partial charge in [-0.2, -0.15) is 0 Å². The molecule has 0 aliphatic heterocycles. The fourth-order valence-electron chi connectivity index (χ4n) is 1.34. The highest BCUT2D eigenvalue weighted by Crippen LogP contribution is 2.04. The molecule has 0 spiro atoms. The van der Waals surface area contributed by atoms with E-state index in [-0.39, 0.29) is 0 Å². The standard InChI is InChI=1S/C13H19O/c1-12(2)14-11-7-6-10-13-8-4-3-5-9-13/h4-5,8-9,12H,6-7,10-11H2,1-2H3. The number of hydrogen-bond donors (Lipinski definition) is 0. The first-order valence-electron chi connectivity index (χ1n) is 5.35. The highest BCUT2D eigenvalue weighted by atomic mass is 16.5. The molecule has 0 saturated carbocycles. The number of benzene rings is 1. The lowest BCUT2D eigenvalue weighted by Crippen LogP contribution is -2.03. The third kappa shape index (κ3) is 5.03. The smallest absolute Gasteiger partial charge is 0.0518 e. The summed E-state index contributed by atoms with van der Waals surface area (Å²) >= 11 is 0. The van der Waals surface area contributed by atoms with Gasteiger partial charge in [0.05, 0.1) is 6.10 Å². The van der Waals surface area contributed by atoms with E-state index in [1.54, 1.807) is 0 Å². The monoisotopic (exact) mass is 191 g/mol. The molecule has 0 saturated heterocycles. The summed E-state index contributed by atoms with van der Waals surface area (Å²) in [4.78, 5) is 0. The Hall–Kier alpha value is -0.820. The van der Waals surface area contributed by atoms with Gasteiger partial charge in [-0.3, -0.25) is 0 Å². The predicted molar refractivity (Wildman–Crippen MR) is 59.3 cm³/mol. The zero-order valence-corrected chi connectivity index (χ0v) is 9.12. The van der Waals surface area contributed by atoms with Crippen LogP contribution in [0.15, 0.2) is 24.3 Å². The molecular weight excluding hydrogens is 172 g/mol. The van der Waals surface area contributed by atoms with Gasteiger partial charge >= 0.3 is 0 Å². The zero-order valence-electron chi connectivity index (χ0n) is 9.12. The van der Waals surface area contributed by atoms with Gasteiger partial charge in [-0.25, -0.2) is 0 Å². The van der Waals surface area contributed by atoms with Crippen molar-refractivity contribution in [1.29, 1.82) is 0 Å². The maximum atomic E-state index is 5.47. The van der Waals surface area contributed by atoms with Crippen LogP contribution in [-0.4, -0.2) is 12.7 Å². The summed E-state index contributed by atoms with van der Waals surface area (Å²) in [5.41, 5.74) is 1.40. The maximum Gasteiger partial charge on any atom is 0.0518 e. The molecule has 0 aliphatic rings. The van der Waals surface area contributed by atoms with E-state index in [0.717, 1.165) is 19.4 Å². The lowest BCUT2D eigenvalue weighted by atomic mass is 10.1. The Bertz CT molecular complexity index is 228. The Morgan fingerprint density at radius 3 is 2.57 bits per heavy atom. The first-order valence-corrected chi connectivity index (χ1v) is 5.35. The van der Waals surface area contributed by atoms with Gasteiger partial charge in [0.25, 0.3) is 0 Å². The summed E-state index contributed by atoms with van der Waals surface area (Å²) in [6, 6.07) is 11.2. The number of hydrogen-bond acceptors (Lipinski definition) is 1. The van der Waals surface area contributed by atoms with Gasteiger partial charge in [-0.1, -0.05) is 24.3 Å². The van der Waals surface area contributed by atoms with Crippen molar-refractivity contribution < 1.29 is 4.74 Å². The van der Waals surface area contributed by atoms with Crippen molar-refractivity contribution in [1.82, 2.24) is 0 Å². The van der Waals surface area contributed by atoms with Gasteiger partial charge in [-0.05, 0) is 44.7 Å². The predicted octanol–water partition coefficient (Wildman–Crippen LogP) is 3.23. The average Bonchev–Trinajstić information content (AvgIpc) is 2.18. The Morgan fingerprint density at radius 2 is 1.93 bits per heavy atom. The molecule has 1 aromatic carbocycles. The second-order valence-electron chi connectivity index (χ2n) is 3.78. The van der Waals surface area contributed by atoms with Crippen LogP contribution < -0.4 is 0 Å². The lowest BCUT2D eigenvalue weighted by molar-refractivity contribution is 0.0761. The SMILES string of the molecule is CC(C)OCCCCc1cc[c]cc1. The highest BCUT2D eigenvalue weighted by Gasteiger charge is 1.94. The van der Waals surface area contributed by atoms with E-state index in [9.17, 15) is 0 Å². The van der Waals surface area contributed by atoms with E-state index in [0.29, 0.717) is 6.10 Å². The Morgan fingerprint density at radius 1 is 1.21 bits per heavy atom. The Balaban J connectivity index is 2.05. The quantitative estimate of drug-likeness (QED) is 0.627. The molecule has 0 aromatic heterocycles. The van der Waals surface area contributed by atoms with Crippen LogP contribution in [0.5, 0.6) is 0 Å². The van der Waals surface area contributed by atoms with Gasteiger partial charge in [0.15, 0.2) is 0 Å². The molecule has 0 heterocycles. The molecule has 1 aromatic rings. The van der Waals surface area contributed by atoms with Crippen LogP contribution in [0, 0.1) is 6.07 Å². The first-order chi connectivity index (χ1) is 6.79. The summed E-state index contributed by atoms with van der Waals surface area (Å²) < 4.78 is 5.47. The van der Waals surface area contributed by atoms with Crippen molar-refractivity contribution in [2.24, 2.45) is 0 Å². The van der Waals surface area contributed by atoms with Gasteiger partial charge in [0.2, 0.25) is 0 Å². The third-order valence-electron chi connectivity index (χ3n) is 2.10. The molecule has 0 amide bonds. The minimum atomic E-state index is 0.362. The highest BCUT2D eigenvalue weighted by molar-refractivity contribution is 5.13. The molecule has 1 radical (unpaired) electrons. The van der Waals surface area contributed by atoms with Gasteiger partial charge < -0.3 is 4.74 Å². The first kappa shape index (κ1) is 11.3. The summed E-state index contributed by atoms with van der Waals surface area (Å²) in [6.07, 6.45) is 3.87. The molecule has 0 fully saturated rings.